The van der Waals surface area contributed by atoms with E-state index in [4.69, 9.17) is 4.74 Å². The Morgan fingerprint density at radius 2 is 2.26 bits per heavy atom. The highest BCUT2D eigenvalue weighted by atomic mass is 79.9. The van der Waals surface area contributed by atoms with Crippen LogP contribution in [0.4, 0.5) is 0 Å². The summed E-state index contributed by atoms with van der Waals surface area (Å²) < 4.78 is 7.28. The summed E-state index contributed by atoms with van der Waals surface area (Å²) in [5.74, 6) is 0.832. The Morgan fingerprint density at radius 1 is 1.47 bits per heavy atom. The van der Waals surface area contributed by atoms with Crippen molar-refractivity contribution < 1.29 is 9.84 Å². The molecular formula is C15H20BrNO2. The highest BCUT2D eigenvalue weighted by Crippen LogP contribution is 2.44. The zero-order valence-corrected chi connectivity index (χ0v) is 13.0. The van der Waals surface area contributed by atoms with Crippen LogP contribution in [0.25, 0.3) is 0 Å². The van der Waals surface area contributed by atoms with Gasteiger partial charge in [0.2, 0.25) is 0 Å². The van der Waals surface area contributed by atoms with E-state index in [0.29, 0.717) is 12.5 Å². The molecule has 3 nitrogen and oxygen atoms in total. The van der Waals surface area contributed by atoms with Crippen molar-refractivity contribution in [1.82, 2.24) is 4.90 Å². The molecule has 0 saturated carbocycles. The van der Waals surface area contributed by atoms with Crippen LogP contribution in [0.15, 0.2) is 22.7 Å². The maximum absolute atomic E-state index is 10.4. The predicted molar refractivity (Wildman–Crippen MR) is 78.4 cm³/mol. The molecule has 2 aliphatic heterocycles. The van der Waals surface area contributed by atoms with E-state index in [-0.39, 0.29) is 5.60 Å². The Hall–Kier alpha value is -0.580. The smallest absolute Gasteiger partial charge is 0.127 e. The number of ether oxygens (including phenoxy) is 1. The first-order chi connectivity index (χ1) is 8.99. The third-order valence-corrected chi connectivity index (χ3v) is 4.80. The van der Waals surface area contributed by atoms with Gasteiger partial charge in [-0.25, -0.2) is 0 Å². The number of halogens is 1. The number of hydrogen-bond donors (Lipinski definition) is 1. The molecule has 0 radical (unpaired) electrons. The third kappa shape index (κ3) is 2.41. The fraction of sp³-hybridized carbons (Fsp3) is 0.600. The molecule has 2 aliphatic rings. The summed E-state index contributed by atoms with van der Waals surface area (Å²) in [7, 11) is 0. The minimum atomic E-state index is -0.413. The van der Waals surface area contributed by atoms with Gasteiger partial charge >= 0.3 is 0 Å². The van der Waals surface area contributed by atoms with Gasteiger partial charge in [0.05, 0.1) is 6.10 Å². The Kier molecular flexibility index (Phi) is 3.36. The largest absolute Gasteiger partial charge is 0.485 e. The van der Waals surface area contributed by atoms with Crippen LogP contribution in [0.1, 0.15) is 38.4 Å². The van der Waals surface area contributed by atoms with Crippen molar-refractivity contribution >= 4 is 15.9 Å². The molecule has 4 heteroatoms. The van der Waals surface area contributed by atoms with Gasteiger partial charge in [0.25, 0.3) is 0 Å². The minimum absolute atomic E-state index is 0.211. The molecule has 0 aromatic heterocycles. The van der Waals surface area contributed by atoms with E-state index in [1.165, 1.54) is 0 Å². The number of nitrogens with zero attached hydrogens (tertiary/aromatic N) is 1. The number of likely N-dealkylation sites (tertiary alicyclic amines) is 1. The molecule has 1 aromatic carbocycles. The molecule has 1 aromatic rings. The van der Waals surface area contributed by atoms with Crippen LogP contribution in [0.3, 0.4) is 0 Å². The molecule has 3 rings (SSSR count). The van der Waals surface area contributed by atoms with Crippen LogP contribution in [-0.2, 0) is 0 Å². The number of rotatable bonds is 1. The molecule has 104 valence electrons. The summed E-state index contributed by atoms with van der Waals surface area (Å²) in [6, 6.07) is 6.41. The Bertz CT molecular complexity index is 491. The van der Waals surface area contributed by atoms with Gasteiger partial charge in [-0.1, -0.05) is 22.0 Å². The number of aliphatic hydroxyl groups excluding tert-OH is 1. The van der Waals surface area contributed by atoms with Crippen molar-refractivity contribution in [3.05, 3.63) is 28.2 Å². The second-order valence-electron chi connectivity index (χ2n) is 6.00. The Balaban J connectivity index is 1.88. The number of aliphatic hydroxyl groups is 1. The summed E-state index contributed by atoms with van der Waals surface area (Å²) in [4.78, 5) is 2.43. The first-order valence-corrected chi connectivity index (χ1v) is 7.69. The zero-order chi connectivity index (χ0) is 13.6. The van der Waals surface area contributed by atoms with Crippen molar-refractivity contribution in [3.8, 4) is 5.75 Å². The summed E-state index contributed by atoms with van der Waals surface area (Å²) >= 11 is 3.47. The standard InChI is InChI=1S/C15H20BrNO2/c1-10(2)17-6-5-15(9-17)8-13(18)12-4-3-11(16)7-14(12)19-15/h3-4,7,10,13,18H,5-6,8-9H2,1-2H3/t13-,15?/m0/s1. The maximum atomic E-state index is 10.4. The maximum Gasteiger partial charge on any atom is 0.127 e. The fourth-order valence-electron chi connectivity index (χ4n) is 3.18. The van der Waals surface area contributed by atoms with E-state index in [1.807, 2.05) is 18.2 Å². The second-order valence-corrected chi connectivity index (χ2v) is 6.92. The number of hydrogen-bond acceptors (Lipinski definition) is 3. The van der Waals surface area contributed by atoms with Crippen LogP contribution in [0, 0.1) is 0 Å². The predicted octanol–water partition coefficient (Wildman–Crippen LogP) is 3.12. The molecule has 0 aliphatic carbocycles. The van der Waals surface area contributed by atoms with E-state index >= 15 is 0 Å². The quantitative estimate of drug-likeness (QED) is 0.861. The van der Waals surface area contributed by atoms with Crippen molar-refractivity contribution in [2.45, 2.75) is 44.4 Å². The normalized spacial score (nSPS) is 30.7. The fourth-order valence-corrected chi connectivity index (χ4v) is 3.52. The minimum Gasteiger partial charge on any atom is -0.485 e. The Morgan fingerprint density at radius 3 is 2.95 bits per heavy atom. The highest BCUT2D eigenvalue weighted by molar-refractivity contribution is 9.10. The molecule has 19 heavy (non-hydrogen) atoms. The molecule has 2 heterocycles. The summed E-state index contributed by atoms with van der Waals surface area (Å²) in [6.45, 7) is 6.38. The summed E-state index contributed by atoms with van der Waals surface area (Å²) in [6.07, 6.45) is 1.28. The van der Waals surface area contributed by atoms with Gasteiger partial charge in [-0.3, -0.25) is 4.90 Å². The van der Waals surface area contributed by atoms with Crippen LogP contribution in [-0.4, -0.2) is 34.7 Å². The molecule has 1 fully saturated rings. The number of benzene rings is 1. The average Bonchev–Trinajstić information content (AvgIpc) is 2.72. The molecule has 1 saturated heterocycles. The lowest BCUT2D eigenvalue weighted by Crippen LogP contribution is -2.44. The van der Waals surface area contributed by atoms with Crippen LogP contribution < -0.4 is 4.74 Å². The van der Waals surface area contributed by atoms with Gasteiger partial charge in [-0.05, 0) is 26.0 Å². The second kappa shape index (κ2) is 4.76. The highest BCUT2D eigenvalue weighted by Gasteiger charge is 2.46. The lowest BCUT2D eigenvalue weighted by atomic mass is 9.88. The number of fused-ring (bicyclic) bond motifs is 1. The van der Waals surface area contributed by atoms with Crippen molar-refractivity contribution in [3.63, 3.8) is 0 Å². The lowest BCUT2D eigenvalue weighted by Gasteiger charge is -2.38. The van der Waals surface area contributed by atoms with Crippen molar-refractivity contribution in [2.75, 3.05) is 13.1 Å². The topological polar surface area (TPSA) is 32.7 Å². The lowest BCUT2D eigenvalue weighted by molar-refractivity contribution is -0.00894. The monoisotopic (exact) mass is 325 g/mol. The van der Waals surface area contributed by atoms with Crippen LogP contribution >= 0.6 is 15.9 Å². The summed E-state index contributed by atoms with van der Waals surface area (Å²) in [5.41, 5.74) is 0.703. The molecule has 1 N–H and O–H groups in total. The van der Waals surface area contributed by atoms with Crippen LogP contribution in [0.2, 0.25) is 0 Å². The first-order valence-electron chi connectivity index (χ1n) is 6.90. The van der Waals surface area contributed by atoms with Crippen molar-refractivity contribution in [2.24, 2.45) is 0 Å². The molecule has 0 amide bonds. The SMILES string of the molecule is CC(C)N1CCC2(C[C@H](O)c3ccc(Br)cc3O2)C1. The van der Waals surface area contributed by atoms with Gasteiger partial charge in [0.1, 0.15) is 11.4 Å². The van der Waals surface area contributed by atoms with E-state index in [1.54, 1.807) is 0 Å². The average molecular weight is 326 g/mol. The van der Waals surface area contributed by atoms with Gasteiger partial charge in [0, 0.05) is 42.0 Å². The van der Waals surface area contributed by atoms with Crippen molar-refractivity contribution in [1.29, 1.82) is 0 Å². The molecule has 1 unspecified atom stereocenters. The molecule has 2 atom stereocenters. The van der Waals surface area contributed by atoms with Gasteiger partial charge < -0.3 is 9.84 Å². The molecule has 0 bridgehead atoms. The Labute approximate surface area is 122 Å². The molecular weight excluding hydrogens is 306 g/mol. The van der Waals surface area contributed by atoms with Crippen LogP contribution in [0.5, 0.6) is 5.75 Å². The first kappa shape index (κ1) is 13.4. The van der Waals surface area contributed by atoms with E-state index in [0.717, 1.165) is 35.3 Å². The van der Waals surface area contributed by atoms with E-state index < -0.39 is 6.10 Å². The van der Waals surface area contributed by atoms with Gasteiger partial charge in [-0.15, -0.1) is 0 Å². The zero-order valence-electron chi connectivity index (χ0n) is 11.4. The van der Waals surface area contributed by atoms with E-state index in [9.17, 15) is 5.11 Å². The van der Waals surface area contributed by atoms with Gasteiger partial charge in [0.15, 0.2) is 0 Å². The third-order valence-electron chi connectivity index (χ3n) is 4.30. The van der Waals surface area contributed by atoms with Gasteiger partial charge in [-0.2, -0.15) is 0 Å². The molecule has 1 spiro atoms. The van der Waals surface area contributed by atoms with E-state index in [2.05, 4.69) is 34.7 Å². The summed E-state index contributed by atoms with van der Waals surface area (Å²) in [5, 5.41) is 10.4.